The van der Waals surface area contributed by atoms with Gasteiger partial charge in [0, 0.05) is 12.8 Å². The molecule has 0 radical (unpaired) electrons. The Morgan fingerprint density at radius 1 is 0.375 bits per heavy atom. The highest BCUT2D eigenvalue weighted by atomic mass is 31.2. The molecule has 0 fully saturated rings. The van der Waals surface area contributed by atoms with Gasteiger partial charge in [-0.1, -0.05) is 309 Å². The Hall–Kier alpha value is -0.990. The Balaban J connectivity index is 4.04. The van der Waals surface area contributed by atoms with Crippen molar-refractivity contribution in [3.8, 4) is 0 Å². The van der Waals surface area contributed by atoms with E-state index in [0.717, 1.165) is 38.5 Å². The monoisotopic (exact) mass is 1040 g/mol. The third-order valence-electron chi connectivity index (χ3n) is 14.6. The van der Waals surface area contributed by atoms with Crippen LogP contribution in [0.3, 0.4) is 0 Å². The van der Waals surface area contributed by atoms with Crippen LogP contribution in [0.5, 0.6) is 0 Å². The van der Waals surface area contributed by atoms with E-state index in [1.165, 1.54) is 270 Å². The number of quaternary nitrogens is 1. The van der Waals surface area contributed by atoms with Crippen LogP contribution in [0.1, 0.15) is 335 Å². The van der Waals surface area contributed by atoms with E-state index >= 15 is 0 Å². The van der Waals surface area contributed by atoms with Gasteiger partial charge in [0.2, 0.25) is 0 Å². The molecule has 0 aliphatic heterocycles. The first-order valence-corrected chi connectivity index (χ1v) is 33.3. The highest BCUT2D eigenvalue weighted by molar-refractivity contribution is 7.47. The third kappa shape index (κ3) is 58.3. The van der Waals surface area contributed by atoms with Crippen molar-refractivity contribution in [3.63, 3.8) is 0 Å². The van der Waals surface area contributed by atoms with E-state index in [9.17, 15) is 19.0 Å². The van der Waals surface area contributed by atoms with Crippen LogP contribution in [-0.2, 0) is 32.7 Å². The topological polar surface area (TPSA) is 108 Å². The van der Waals surface area contributed by atoms with Crippen molar-refractivity contribution in [2.24, 2.45) is 0 Å². The average molecular weight is 1040 g/mol. The first-order valence-electron chi connectivity index (χ1n) is 31.8. The minimum Gasteiger partial charge on any atom is -0.462 e. The Morgan fingerprint density at radius 2 is 0.625 bits per heavy atom. The summed E-state index contributed by atoms with van der Waals surface area (Å²) in [6.45, 7) is 4.52. The Labute approximate surface area is 448 Å². The van der Waals surface area contributed by atoms with Crippen molar-refractivity contribution in [2.75, 3.05) is 47.5 Å². The second-order valence-electron chi connectivity index (χ2n) is 23.2. The lowest BCUT2D eigenvalue weighted by molar-refractivity contribution is -0.870. The maximum absolute atomic E-state index is 12.8. The van der Waals surface area contributed by atoms with Gasteiger partial charge < -0.3 is 18.9 Å². The minimum atomic E-state index is -4.38. The van der Waals surface area contributed by atoms with Crippen LogP contribution in [0.25, 0.3) is 0 Å². The average Bonchev–Trinajstić information content (AvgIpc) is 3.34. The number of unbranched alkanes of at least 4 members (excludes halogenated alkanes) is 46. The number of hydrogen-bond acceptors (Lipinski definition) is 7. The Kier molecular flexibility index (Phi) is 54.0. The SMILES string of the molecule is CCCCCCCCCCCCCCCCCCCCCCCCCCCCC(=O)OC(COC(=O)CCCCCCCCCCCCCCCCCCCCCCCC)COP(=O)(O)OCC[N+](C)(C)C. The quantitative estimate of drug-likeness (QED) is 0.0278. The van der Waals surface area contributed by atoms with Gasteiger partial charge in [-0.05, 0) is 12.8 Å². The first kappa shape index (κ1) is 71.0. The zero-order chi connectivity index (χ0) is 52.7. The Bertz CT molecular complexity index is 1180. The number of hydrogen-bond donors (Lipinski definition) is 1. The predicted octanol–water partition coefficient (Wildman–Crippen LogP) is 19.8. The van der Waals surface area contributed by atoms with Gasteiger partial charge in [-0.3, -0.25) is 18.6 Å². The second kappa shape index (κ2) is 54.8. The maximum atomic E-state index is 12.8. The molecule has 0 aromatic rings. The molecule has 2 unspecified atom stereocenters. The number of phosphoric acid groups is 1. The molecule has 9 nitrogen and oxygen atoms in total. The lowest BCUT2D eigenvalue weighted by atomic mass is 10.0. The van der Waals surface area contributed by atoms with Crippen LogP contribution >= 0.6 is 7.82 Å². The van der Waals surface area contributed by atoms with E-state index in [1.54, 1.807) is 0 Å². The molecule has 0 aliphatic carbocycles. The molecule has 0 bridgehead atoms. The molecule has 0 rings (SSSR count). The molecule has 0 aliphatic rings. The number of ether oxygens (including phenoxy) is 2. The number of phosphoric ester groups is 1. The van der Waals surface area contributed by atoms with E-state index in [4.69, 9.17) is 18.5 Å². The van der Waals surface area contributed by atoms with Crippen LogP contribution in [0.2, 0.25) is 0 Å². The standard InChI is InChI=1S/C62H124NO8P/c1-6-8-10-12-14-16-18-20-22-24-26-28-30-31-32-33-35-37-39-41-43-45-47-49-51-53-55-62(65)71-60(59-70-72(66,67)69-57-56-63(3,4)5)58-68-61(64)54-52-50-48-46-44-42-40-38-36-34-29-27-25-23-21-19-17-15-13-11-9-7-2/h60H,6-59H2,1-5H3/p+1. The van der Waals surface area contributed by atoms with Crippen molar-refractivity contribution in [2.45, 2.75) is 341 Å². The van der Waals surface area contributed by atoms with Gasteiger partial charge in [0.05, 0.1) is 27.7 Å². The van der Waals surface area contributed by atoms with Crippen LogP contribution in [0.4, 0.5) is 0 Å². The molecule has 0 saturated carbocycles. The van der Waals surface area contributed by atoms with Gasteiger partial charge in [0.25, 0.3) is 0 Å². The van der Waals surface area contributed by atoms with E-state index in [1.807, 2.05) is 21.1 Å². The van der Waals surface area contributed by atoms with E-state index in [2.05, 4.69) is 13.8 Å². The molecule has 0 spiro atoms. The summed E-state index contributed by atoms with van der Waals surface area (Å²) in [6.07, 6.45) is 63.3. The van der Waals surface area contributed by atoms with Crippen molar-refractivity contribution >= 4 is 19.8 Å². The fourth-order valence-corrected chi connectivity index (χ4v) is 10.5. The summed E-state index contributed by atoms with van der Waals surface area (Å²) in [6, 6.07) is 0. The predicted molar refractivity (Wildman–Crippen MR) is 308 cm³/mol. The van der Waals surface area contributed by atoms with Crippen molar-refractivity contribution in [3.05, 3.63) is 0 Å². The summed E-state index contributed by atoms with van der Waals surface area (Å²) in [5.41, 5.74) is 0. The lowest BCUT2D eigenvalue weighted by Gasteiger charge is -2.24. The molecule has 72 heavy (non-hydrogen) atoms. The molecule has 0 heterocycles. The number of esters is 2. The van der Waals surface area contributed by atoms with Gasteiger partial charge in [-0.2, -0.15) is 0 Å². The van der Waals surface area contributed by atoms with Gasteiger partial charge >= 0.3 is 19.8 Å². The van der Waals surface area contributed by atoms with Gasteiger partial charge in [-0.15, -0.1) is 0 Å². The zero-order valence-corrected chi connectivity index (χ0v) is 49.9. The maximum Gasteiger partial charge on any atom is 0.472 e. The molecule has 430 valence electrons. The van der Waals surface area contributed by atoms with E-state index < -0.39 is 26.5 Å². The highest BCUT2D eigenvalue weighted by Crippen LogP contribution is 2.43. The molecule has 10 heteroatoms. The molecular formula is C62H125NO8P+. The number of carbonyl (C=O) groups is 2. The summed E-state index contributed by atoms with van der Waals surface area (Å²) in [7, 11) is 1.50. The number of carbonyl (C=O) groups excluding carboxylic acids is 2. The molecule has 0 amide bonds. The van der Waals surface area contributed by atoms with Crippen molar-refractivity contribution < 1.29 is 42.1 Å². The minimum absolute atomic E-state index is 0.0376. The fraction of sp³-hybridized carbons (Fsp3) is 0.968. The third-order valence-corrected chi connectivity index (χ3v) is 15.6. The van der Waals surface area contributed by atoms with Crippen molar-refractivity contribution in [1.82, 2.24) is 0 Å². The van der Waals surface area contributed by atoms with Crippen LogP contribution in [-0.4, -0.2) is 74.9 Å². The first-order chi connectivity index (χ1) is 35.0. The molecular weight excluding hydrogens is 918 g/mol. The van der Waals surface area contributed by atoms with Crippen LogP contribution in [0.15, 0.2) is 0 Å². The van der Waals surface area contributed by atoms with Gasteiger partial charge in [0.1, 0.15) is 19.8 Å². The summed E-state index contributed by atoms with van der Waals surface area (Å²) in [4.78, 5) is 35.8. The summed E-state index contributed by atoms with van der Waals surface area (Å²) < 4.78 is 34.7. The smallest absolute Gasteiger partial charge is 0.462 e. The fourth-order valence-electron chi connectivity index (χ4n) is 9.73. The number of likely N-dealkylation sites (N-methyl/N-ethyl adjacent to an activating group) is 1. The Morgan fingerprint density at radius 3 is 0.889 bits per heavy atom. The summed E-state index contributed by atoms with van der Waals surface area (Å²) >= 11 is 0. The molecule has 2 atom stereocenters. The molecule has 0 aromatic heterocycles. The summed E-state index contributed by atoms with van der Waals surface area (Å²) in [5, 5.41) is 0. The number of rotatable bonds is 60. The van der Waals surface area contributed by atoms with Crippen LogP contribution in [0, 0.1) is 0 Å². The molecule has 1 N–H and O–H groups in total. The van der Waals surface area contributed by atoms with E-state index in [0.29, 0.717) is 17.4 Å². The van der Waals surface area contributed by atoms with E-state index in [-0.39, 0.29) is 25.6 Å². The normalized spacial score (nSPS) is 13.1. The van der Waals surface area contributed by atoms with Crippen LogP contribution < -0.4 is 0 Å². The second-order valence-corrected chi connectivity index (χ2v) is 24.6. The zero-order valence-electron chi connectivity index (χ0n) is 49.0. The van der Waals surface area contributed by atoms with Gasteiger partial charge in [0.15, 0.2) is 6.10 Å². The summed E-state index contributed by atoms with van der Waals surface area (Å²) in [5.74, 6) is -0.770. The molecule has 0 aromatic carbocycles. The molecule has 0 saturated heterocycles. The lowest BCUT2D eigenvalue weighted by Crippen LogP contribution is -2.37. The largest absolute Gasteiger partial charge is 0.472 e. The van der Waals surface area contributed by atoms with Gasteiger partial charge in [-0.25, -0.2) is 4.57 Å². The van der Waals surface area contributed by atoms with Crippen molar-refractivity contribution in [1.29, 1.82) is 0 Å². The number of nitrogens with zero attached hydrogens (tertiary/aromatic N) is 1. The highest BCUT2D eigenvalue weighted by Gasteiger charge is 2.27.